The zero-order valence-electron chi connectivity index (χ0n) is 19.4. The number of hydrogen-bond donors (Lipinski definition) is 3. The molecule has 2 bridgehead atoms. The molecule has 0 saturated carbocycles. The van der Waals surface area contributed by atoms with Crippen LogP contribution in [-0.4, -0.2) is 62.8 Å². The van der Waals surface area contributed by atoms with Crippen LogP contribution in [0.2, 0.25) is 0 Å². The van der Waals surface area contributed by atoms with Gasteiger partial charge in [0.25, 0.3) is 5.91 Å². The quantitative estimate of drug-likeness (QED) is 0.387. The first-order valence-electron chi connectivity index (χ1n) is 11.4. The molecule has 2 aliphatic heterocycles. The predicted octanol–water partition coefficient (Wildman–Crippen LogP) is 2.29. The molecular formula is C24H25N9O2. The van der Waals surface area contributed by atoms with Gasteiger partial charge in [-0.05, 0) is 30.7 Å². The number of aryl methyl sites for hydroxylation is 1. The van der Waals surface area contributed by atoms with E-state index in [0.29, 0.717) is 34.7 Å². The average molecular weight is 472 g/mol. The summed E-state index contributed by atoms with van der Waals surface area (Å²) in [5, 5.41) is 6.28. The second-order valence-corrected chi connectivity index (χ2v) is 8.81. The third kappa shape index (κ3) is 3.60. The Morgan fingerprint density at radius 2 is 2.00 bits per heavy atom. The maximum Gasteiger partial charge on any atom is 0.271 e. The molecule has 2 aliphatic rings. The number of aromatic nitrogens is 5. The summed E-state index contributed by atoms with van der Waals surface area (Å²) in [7, 11) is 3.64. The summed E-state index contributed by atoms with van der Waals surface area (Å²) >= 11 is 0. The third-order valence-corrected chi connectivity index (χ3v) is 6.62. The topological polar surface area (TPSA) is 136 Å². The average Bonchev–Trinajstić information content (AvgIpc) is 3.60. The van der Waals surface area contributed by atoms with Crippen LogP contribution in [0.3, 0.4) is 0 Å². The molecule has 0 radical (unpaired) electrons. The number of pyridine rings is 1. The lowest BCUT2D eigenvalue weighted by Gasteiger charge is -2.29. The number of primary amides is 1. The van der Waals surface area contributed by atoms with Gasteiger partial charge in [0.1, 0.15) is 11.2 Å². The van der Waals surface area contributed by atoms with E-state index in [1.54, 1.807) is 25.8 Å². The van der Waals surface area contributed by atoms with Gasteiger partial charge in [-0.2, -0.15) is 0 Å². The number of nitrogens with two attached hydrogens (primary N) is 1. The van der Waals surface area contributed by atoms with Crippen molar-refractivity contribution in [3.63, 3.8) is 0 Å². The lowest BCUT2D eigenvalue weighted by molar-refractivity contribution is 0.0990. The lowest BCUT2D eigenvalue weighted by Crippen LogP contribution is -2.36. The van der Waals surface area contributed by atoms with Crippen molar-refractivity contribution < 1.29 is 9.53 Å². The fourth-order valence-corrected chi connectivity index (χ4v) is 4.86. The van der Waals surface area contributed by atoms with Crippen LogP contribution in [0.1, 0.15) is 16.9 Å². The monoisotopic (exact) mass is 471 g/mol. The number of rotatable bonds is 6. The molecule has 0 aliphatic carbocycles. The Hall–Kier alpha value is -4.25. The highest BCUT2D eigenvalue weighted by Crippen LogP contribution is 2.34. The number of carbonyl (C=O) groups is 1. The van der Waals surface area contributed by atoms with Crippen molar-refractivity contribution in [2.75, 3.05) is 35.7 Å². The van der Waals surface area contributed by atoms with E-state index in [1.807, 2.05) is 23.7 Å². The van der Waals surface area contributed by atoms with E-state index in [1.165, 1.54) is 0 Å². The van der Waals surface area contributed by atoms with Crippen molar-refractivity contribution in [3.05, 3.63) is 48.7 Å². The summed E-state index contributed by atoms with van der Waals surface area (Å²) < 4.78 is 7.57. The molecule has 5 heterocycles. The van der Waals surface area contributed by atoms with Crippen molar-refractivity contribution >= 4 is 40.0 Å². The number of imidazole rings is 1. The first kappa shape index (κ1) is 21.3. The first-order chi connectivity index (χ1) is 17.0. The maximum absolute atomic E-state index is 12.4. The minimum absolute atomic E-state index is 0.0324. The summed E-state index contributed by atoms with van der Waals surface area (Å²) in [5.74, 6) is 0.0602. The van der Waals surface area contributed by atoms with Gasteiger partial charge < -0.3 is 30.6 Å². The lowest BCUT2D eigenvalue weighted by atomic mass is 10.1. The normalized spacial score (nSPS) is 18.9. The molecule has 1 amide bonds. The van der Waals surface area contributed by atoms with Crippen molar-refractivity contribution in [1.82, 2.24) is 24.5 Å². The molecule has 178 valence electrons. The number of benzene rings is 1. The highest BCUT2D eigenvalue weighted by atomic mass is 16.5. The van der Waals surface area contributed by atoms with E-state index >= 15 is 0 Å². The van der Waals surface area contributed by atoms with Gasteiger partial charge in [0, 0.05) is 38.2 Å². The van der Waals surface area contributed by atoms with E-state index < -0.39 is 5.91 Å². The minimum Gasteiger partial charge on any atom is -0.374 e. The summed E-state index contributed by atoms with van der Waals surface area (Å²) in [5.41, 5.74) is 10.3. The second-order valence-electron chi connectivity index (χ2n) is 8.81. The number of nitrogens with zero attached hydrogens (tertiary/aromatic N) is 6. The molecule has 2 fully saturated rings. The van der Waals surface area contributed by atoms with Crippen molar-refractivity contribution in [1.29, 1.82) is 0 Å². The molecule has 1 aromatic carbocycles. The smallest absolute Gasteiger partial charge is 0.271 e. The number of nitrogens with one attached hydrogen (secondary N) is 2. The SMILES string of the molecule is CNc1nc(Nc2ccc(N3CC4C[C@H]3CO4)cc2)c(C(N)=O)nc1-c1cncc2c1ncn2C. The molecular weight excluding hydrogens is 446 g/mol. The number of amides is 1. The second kappa shape index (κ2) is 8.20. The Kier molecular flexibility index (Phi) is 4.99. The maximum atomic E-state index is 12.4. The van der Waals surface area contributed by atoms with Gasteiger partial charge in [-0.3, -0.25) is 9.78 Å². The Morgan fingerprint density at radius 1 is 1.17 bits per heavy atom. The van der Waals surface area contributed by atoms with Crippen LogP contribution in [0.15, 0.2) is 43.0 Å². The van der Waals surface area contributed by atoms with Crippen LogP contribution in [0.4, 0.5) is 23.0 Å². The number of morpholine rings is 1. The summed E-state index contributed by atoms with van der Waals surface area (Å²) in [6.45, 7) is 1.70. The highest BCUT2D eigenvalue weighted by Gasteiger charge is 2.38. The van der Waals surface area contributed by atoms with Gasteiger partial charge in [-0.25, -0.2) is 15.0 Å². The number of fused-ring (bicyclic) bond motifs is 3. The van der Waals surface area contributed by atoms with E-state index in [2.05, 4.69) is 47.6 Å². The van der Waals surface area contributed by atoms with E-state index in [4.69, 9.17) is 10.5 Å². The van der Waals surface area contributed by atoms with Crippen molar-refractivity contribution in [3.8, 4) is 11.3 Å². The molecule has 6 rings (SSSR count). The fraction of sp³-hybridized carbons (Fsp3) is 0.292. The zero-order chi connectivity index (χ0) is 24.1. The summed E-state index contributed by atoms with van der Waals surface area (Å²) in [6, 6.07) is 8.47. The third-order valence-electron chi connectivity index (χ3n) is 6.62. The van der Waals surface area contributed by atoms with Crippen LogP contribution < -0.4 is 21.3 Å². The van der Waals surface area contributed by atoms with Crippen LogP contribution in [0.5, 0.6) is 0 Å². The molecule has 4 aromatic rings. The standard InChI is InChI=1S/C24H25N9O2/c1-26-23-20(17-8-27-9-18-19(17)28-12-32(18)2)30-21(22(25)34)24(31-23)29-13-3-5-14(6-4-13)33-10-16-7-15(33)11-35-16/h3-6,8-9,12,15-16H,7,10-11H2,1-2H3,(H2,25,34)(H2,26,29,31)/t15-,16?/m0/s1. The molecule has 4 N–H and O–H groups in total. The van der Waals surface area contributed by atoms with Gasteiger partial charge >= 0.3 is 0 Å². The van der Waals surface area contributed by atoms with Crippen LogP contribution in [-0.2, 0) is 11.8 Å². The van der Waals surface area contributed by atoms with Crippen molar-refractivity contribution in [2.45, 2.75) is 18.6 Å². The molecule has 11 nitrogen and oxygen atoms in total. The molecule has 3 aromatic heterocycles. The molecule has 2 atom stereocenters. The first-order valence-corrected chi connectivity index (χ1v) is 11.4. The summed E-state index contributed by atoms with van der Waals surface area (Å²) in [6.07, 6.45) is 6.51. The van der Waals surface area contributed by atoms with Crippen LogP contribution in [0, 0.1) is 0 Å². The fourth-order valence-electron chi connectivity index (χ4n) is 4.86. The largest absolute Gasteiger partial charge is 0.374 e. The van der Waals surface area contributed by atoms with Gasteiger partial charge in [-0.1, -0.05) is 0 Å². The Balaban J connectivity index is 1.35. The number of carbonyl (C=O) groups excluding carboxylic acids is 1. The van der Waals surface area contributed by atoms with Crippen LogP contribution >= 0.6 is 0 Å². The van der Waals surface area contributed by atoms with Gasteiger partial charge in [0.2, 0.25) is 0 Å². The summed E-state index contributed by atoms with van der Waals surface area (Å²) in [4.78, 5) is 32.8. The highest BCUT2D eigenvalue weighted by molar-refractivity contribution is 5.99. The number of hydrogen-bond acceptors (Lipinski definition) is 9. The van der Waals surface area contributed by atoms with E-state index in [-0.39, 0.29) is 11.5 Å². The Labute approximate surface area is 201 Å². The van der Waals surface area contributed by atoms with E-state index in [9.17, 15) is 4.79 Å². The molecule has 11 heteroatoms. The van der Waals surface area contributed by atoms with Crippen molar-refractivity contribution in [2.24, 2.45) is 12.8 Å². The minimum atomic E-state index is -0.685. The Bertz CT molecular complexity index is 1430. The van der Waals surface area contributed by atoms with E-state index in [0.717, 1.165) is 36.5 Å². The van der Waals surface area contributed by atoms with Gasteiger partial charge in [0.15, 0.2) is 17.3 Å². The zero-order valence-corrected chi connectivity index (χ0v) is 19.4. The number of ether oxygens (including phenoxy) is 1. The van der Waals surface area contributed by atoms with Gasteiger partial charge in [0.05, 0.1) is 42.4 Å². The Morgan fingerprint density at radius 3 is 2.69 bits per heavy atom. The molecule has 2 saturated heterocycles. The molecule has 0 spiro atoms. The molecule has 1 unspecified atom stereocenters. The molecule has 35 heavy (non-hydrogen) atoms. The van der Waals surface area contributed by atoms with Gasteiger partial charge in [-0.15, -0.1) is 0 Å². The predicted molar refractivity (Wildman–Crippen MR) is 133 cm³/mol. The number of anilines is 4. The van der Waals surface area contributed by atoms with Crippen LogP contribution in [0.25, 0.3) is 22.3 Å².